The minimum Gasteiger partial charge on any atom is -0.495 e. The molecule has 0 N–H and O–H groups in total. The minimum absolute atomic E-state index is 0.591. The van der Waals surface area contributed by atoms with Crippen molar-refractivity contribution in [2.24, 2.45) is 0 Å². The van der Waals surface area contributed by atoms with Gasteiger partial charge in [0.1, 0.15) is 5.75 Å². The van der Waals surface area contributed by atoms with Crippen LogP contribution in [0.2, 0.25) is 10.0 Å². The van der Waals surface area contributed by atoms with Crippen molar-refractivity contribution in [1.82, 2.24) is 0 Å². The van der Waals surface area contributed by atoms with Crippen molar-refractivity contribution >= 4 is 40.7 Å². The first-order valence-electron chi connectivity index (χ1n) is 6.27. The van der Waals surface area contributed by atoms with Gasteiger partial charge in [0.2, 0.25) is 0 Å². The van der Waals surface area contributed by atoms with Gasteiger partial charge in [0.05, 0.1) is 22.8 Å². The van der Waals surface area contributed by atoms with Crippen molar-refractivity contribution in [3.63, 3.8) is 0 Å². The Morgan fingerprint density at radius 3 is 2.70 bits per heavy atom. The number of rotatable bonds is 2. The Bertz CT molecular complexity index is 682. The second-order valence-electron chi connectivity index (χ2n) is 4.51. The molecule has 0 radical (unpaired) electrons. The van der Waals surface area contributed by atoms with E-state index in [9.17, 15) is 0 Å². The molecule has 0 aliphatic carbocycles. The second-order valence-corrected chi connectivity index (χ2v) is 5.32. The van der Waals surface area contributed by atoms with Crippen LogP contribution in [0.25, 0.3) is 6.08 Å². The van der Waals surface area contributed by atoms with Crippen molar-refractivity contribution in [2.75, 3.05) is 18.6 Å². The number of anilines is 2. The molecule has 1 aliphatic rings. The summed E-state index contributed by atoms with van der Waals surface area (Å²) in [5, 5.41) is 1.33. The lowest BCUT2D eigenvalue weighted by Crippen LogP contribution is -2.20. The zero-order chi connectivity index (χ0) is 14.1. The Hall–Kier alpha value is -1.64. The molecule has 0 unspecified atom stereocenters. The molecule has 0 bridgehead atoms. The molecular formula is C16H13Cl2NO. The number of hydrogen-bond donors (Lipinski definition) is 0. The van der Waals surface area contributed by atoms with Crippen molar-refractivity contribution in [2.45, 2.75) is 0 Å². The lowest BCUT2D eigenvalue weighted by Gasteiger charge is -2.29. The van der Waals surface area contributed by atoms with Crippen LogP contribution in [0.5, 0.6) is 5.75 Å². The van der Waals surface area contributed by atoms with Gasteiger partial charge in [0, 0.05) is 12.2 Å². The molecule has 4 heteroatoms. The largest absolute Gasteiger partial charge is 0.495 e. The fourth-order valence-corrected chi connectivity index (χ4v) is 2.92. The average molecular weight is 306 g/mol. The maximum atomic E-state index is 6.35. The highest BCUT2D eigenvalue weighted by Crippen LogP contribution is 2.39. The van der Waals surface area contributed by atoms with Crippen LogP contribution >= 0.6 is 23.2 Å². The third kappa shape index (κ3) is 2.26. The molecule has 0 fully saturated rings. The van der Waals surface area contributed by atoms with Crippen molar-refractivity contribution in [3.05, 3.63) is 58.1 Å². The monoisotopic (exact) mass is 305 g/mol. The van der Waals surface area contributed by atoms with Crippen molar-refractivity contribution in [3.8, 4) is 5.75 Å². The molecule has 102 valence electrons. The fourth-order valence-electron chi connectivity index (χ4n) is 2.39. The molecule has 0 saturated carbocycles. The number of benzene rings is 2. The summed E-state index contributed by atoms with van der Waals surface area (Å²) in [7, 11) is 1.61. The van der Waals surface area contributed by atoms with Gasteiger partial charge in [0.15, 0.2) is 0 Å². The summed E-state index contributed by atoms with van der Waals surface area (Å²) >= 11 is 12.6. The second kappa shape index (κ2) is 5.39. The molecule has 2 aromatic rings. The van der Waals surface area contributed by atoms with Crippen molar-refractivity contribution < 1.29 is 4.74 Å². The molecule has 0 aromatic heterocycles. The van der Waals surface area contributed by atoms with E-state index in [0.29, 0.717) is 10.8 Å². The van der Waals surface area contributed by atoms with Gasteiger partial charge in [-0.15, -0.1) is 0 Å². The highest BCUT2D eigenvalue weighted by Gasteiger charge is 2.18. The molecule has 0 amide bonds. The molecule has 0 spiro atoms. The highest BCUT2D eigenvalue weighted by atomic mass is 35.5. The predicted octanol–water partition coefficient (Wildman–Crippen LogP) is 5.17. The van der Waals surface area contributed by atoms with Gasteiger partial charge in [-0.3, -0.25) is 0 Å². The Kier molecular flexibility index (Phi) is 3.60. The third-order valence-electron chi connectivity index (χ3n) is 3.32. The molecule has 1 aliphatic heterocycles. The topological polar surface area (TPSA) is 12.5 Å². The van der Waals surface area contributed by atoms with E-state index < -0.39 is 0 Å². The summed E-state index contributed by atoms with van der Waals surface area (Å²) in [5.74, 6) is 0.669. The van der Waals surface area contributed by atoms with Crippen LogP contribution < -0.4 is 9.64 Å². The summed E-state index contributed by atoms with van der Waals surface area (Å²) in [6.45, 7) is 0.763. The Morgan fingerprint density at radius 2 is 1.95 bits per heavy atom. The van der Waals surface area contributed by atoms with E-state index in [1.807, 2.05) is 30.3 Å². The Balaban J connectivity index is 2.09. The number of fused-ring (bicyclic) bond motifs is 1. The van der Waals surface area contributed by atoms with Crippen molar-refractivity contribution in [1.29, 1.82) is 0 Å². The maximum Gasteiger partial charge on any atom is 0.137 e. The predicted molar refractivity (Wildman–Crippen MR) is 85.5 cm³/mol. The van der Waals surface area contributed by atoms with E-state index in [2.05, 4.69) is 23.1 Å². The first-order valence-corrected chi connectivity index (χ1v) is 7.02. The zero-order valence-electron chi connectivity index (χ0n) is 10.9. The van der Waals surface area contributed by atoms with Gasteiger partial charge in [0.25, 0.3) is 0 Å². The number of methoxy groups -OCH3 is 1. The standard InChI is InChI=1S/C16H13Cl2NO/c1-20-15-8-7-12(10-14(15)18)19-9-3-5-11-4-2-6-13(17)16(11)19/h2-8,10H,9H2,1H3. The molecular weight excluding hydrogens is 293 g/mol. The van der Waals surface area contributed by atoms with Gasteiger partial charge >= 0.3 is 0 Å². The lowest BCUT2D eigenvalue weighted by molar-refractivity contribution is 0.415. The summed E-state index contributed by atoms with van der Waals surface area (Å²) in [4.78, 5) is 2.14. The van der Waals surface area contributed by atoms with E-state index in [4.69, 9.17) is 27.9 Å². The van der Waals surface area contributed by atoms with Crippen LogP contribution in [0.4, 0.5) is 11.4 Å². The van der Waals surface area contributed by atoms with Gasteiger partial charge < -0.3 is 9.64 Å². The number of hydrogen-bond acceptors (Lipinski definition) is 2. The summed E-state index contributed by atoms with van der Waals surface area (Å²) < 4.78 is 5.19. The van der Waals surface area contributed by atoms with Crippen LogP contribution in [-0.2, 0) is 0 Å². The summed E-state index contributed by atoms with van der Waals surface area (Å²) in [6, 6.07) is 11.7. The summed E-state index contributed by atoms with van der Waals surface area (Å²) in [6.07, 6.45) is 4.19. The van der Waals surface area contributed by atoms with E-state index in [-0.39, 0.29) is 0 Å². The van der Waals surface area contributed by atoms with E-state index in [1.165, 1.54) is 0 Å². The van der Waals surface area contributed by atoms with Gasteiger partial charge in [-0.05, 0) is 29.8 Å². The number of nitrogens with zero attached hydrogens (tertiary/aromatic N) is 1. The molecule has 20 heavy (non-hydrogen) atoms. The highest BCUT2D eigenvalue weighted by molar-refractivity contribution is 6.34. The maximum absolute atomic E-state index is 6.35. The number of halogens is 2. The molecule has 3 rings (SSSR count). The SMILES string of the molecule is COc1ccc(N2CC=Cc3cccc(Cl)c32)cc1Cl. The normalized spacial score (nSPS) is 13.2. The Morgan fingerprint density at radius 1 is 1.10 bits per heavy atom. The molecule has 1 heterocycles. The van der Waals surface area contributed by atoms with E-state index >= 15 is 0 Å². The van der Waals surface area contributed by atoms with Gasteiger partial charge in [-0.2, -0.15) is 0 Å². The first kappa shape index (κ1) is 13.3. The number of ether oxygens (including phenoxy) is 1. The van der Waals surface area contributed by atoms with Crippen LogP contribution in [0.1, 0.15) is 5.56 Å². The lowest BCUT2D eigenvalue weighted by atomic mass is 10.1. The van der Waals surface area contributed by atoms with Gasteiger partial charge in [-0.1, -0.05) is 47.5 Å². The quantitative estimate of drug-likeness (QED) is 0.759. The molecule has 0 atom stereocenters. The van der Waals surface area contributed by atoms with E-state index in [1.54, 1.807) is 7.11 Å². The van der Waals surface area contributed by atoms with Crippen LogP contribution in [0.3, 0.4) is 0 Å². The molecule has 2 nitrogen and oxygen atoms in total. The first-order chi connectivity index (χ1) is 9.70. The molecule has 2 aromatic carbocycles. The fraction of sp³-hybridized carbons (Fsp3) is 0.125. The average Bonchev–Trinajstić information content (AvgIpc) is 2.47. The Labute approximate surface area is 128 Å². The minimum atomic E-state index is 0.591. The number of para-hydroxylation sites is 1. The van der Waals surface area contributed by atoms with Crippen LogP contribution in [0.15, 0.2) is 42.5 Å². The van der Waals surface area contributed by atoms with Gasteiger partial charge in [-0.25, -0.2) is 0 Å². The smallest absolute Gasteiger partial charge is 0.137 e. The molecule has 0 saturated heterocycles. The van der Waals surface area contributed by atoms with E-state index in [0.717, 1.165) is 28.5 Å². The van der Waals surface area contributed by atoms with Crippen LogP contribution in [-0.4, -0.2) is 13.7 Å². The summed E-state index contributed by atoms with van der Waals surface area (Å²) in [5.41, 5.74) is 3.11. The third-order valence-corrected chi connectivity index (χ3v) is 3.92. The zero-order valence-corrected chi connectivity index (χ0v) is 12.4. The van der Waals surface area contributed by atoms with Crippen LogP contribution in [0, 0.1) is 0 Å².